The van der Waals surface area contributed by atoms with Gasteiger partial charge in [0.1, 0.15) is 6.17 Å². The highest BCUT2D eigenvalue weighted by molar-refractivity contribution is 5.06. The largest absolute Gasteiger partial charge is 0.330 e. The van der Waals surface area contributed by atoms with Gasteiger partial charge in [-0.25, -0.2) is 4.39 Å². The number of alkyl halides is 1. The maximum atomic E-state index is 12.7. The summed E-state index contributed by atoms with van der Waals surface area (Å²) in [4.78, 5) is 0. The molecule has 3 fully saturated rings. The molecular formula is C7H12FN. The number of halogens is 1. The monoisotopic (exact) mass is 129 g/mol. The van der Waals surface area contributed by atoms with Gasteiger partial charge in [-0.15, -0.1) is 0 Å². The van der Waals surface area contributed by atoms with Crippen LogP contribution in [-0.2, 0) is 0 Å². The van der Waals surface area contributed by atoms with Gasteiger partial charge in [-0.3, -0.25) is 0 Å². The van der Waals surface area contributed by atoms with Crippen LogP contribution in [0.3, 0.4) is 0 Å². The van der Waals surface area contributed by atoms with Gasteiger partial charge in [0, 0.05) is 0 Å². The van der Waals surface area contributed by atoms with E-state index in [4.69, 9.17) is 5.73 Å². The van der Waals surface area contributed by atoms with Crippen molar-refractivity contribution in [1.82, 2.24) is 0 Å². The Morgan fingerprint density at radius 3 is 2.33 bits per heavy atom. The summed E-state index contributed by atoms with van der Waals surface area (Å²) >= 11 is 0. The first-order chi connectivity index (χ1) is 4.26. The summed E-state index contributed by atoms with van der Waals surface area (Å²) in [5.74, 6) is 0.383. The van der Waals surface area contributed by atoms with Crippen LogP contribution in [-0.4, -0.2) is 12.7 Å². The zero-order chi connectivity index (χ0) is 6.48. The van der Waals surface area contributed by atoms with Crippen LogP contribution in [0.25, 0.3) is 0 Å². The van der Waals surface area contributed by atoms with Crippen molar-refractivity contribution in [2.24, 2.45) is 17.1 Å². The first-order valence-electron chi connectivity index (χ1n) is 3.60. The van der Waals surface area contributed by atoms with Crippen molar-refractivity contribution >= 4 is 0 Å². The van der Waals surface area contributed by atoms with Crippen LogP contribution >= 0.6 is 0 Å². The minimum Gasteiger partial charge on any atom is -0.330 e. The van der Waals surface area contributed by atoms with Gasteiger partial charge in [0.25, 0.3) is 0 Å². The highest BCUT2D eigenvalue weighted by atomic mass is 19.1. The topological polar surface area (TPSA) is 26.0 Å². The fraction of sp³-hybridized carbons (Fsp3) is 1.00. The van der Waals surface area contributed by atoms with Crippen LogP contribution < -0.4 is 5.73 Å². The predicted octanol–water partition coefficient (Wildman–Crippen LogP) is 1.08. The molecule has 0 aromatic rings. The molecule has 0 aromatic heterocycles. The average Bonchev–Trinajstić information content (AvgIpc) is 2.18. The van der Waals surface area contributed by atoms with Crippen LogP contribution in [0.5, 0.6) is 0 Å². The normalized spacial score (nSPS) is 55.3. The third-order valence-corrected chi connectivity index (χ3v) is 2.96. The fourth-order valence-electron chi connectivity index (χ4n) is 2.31. The third kappa shape index (κ3) is 0.571. The molecule has 0 spiro atoms. The Hall–Kier alpha value is -0.110. The van der Waals surface area contributed by atoms with E-state index in [1.165, 1.54) is 0 Å². The Morgan fingerprint density at radius 2 is 2.11 bits per heavy atom. The number of fused-ring (bicyclic) bond motifs is 1. The quantitative estimate of drug-likeness (QED) is 0.563. The summed E-state index contributed by atoms with van der Waals surface area (Å²) in [5, 5.41) is 0. The Bertz CT molecular complexity index is 129. The summed E-state index contributed by atoms with van der Waals surface area (Å²) in [6.07, 6.45) is 2.34. The smallest absolute Gasteiger partial charge is 0.104 e. The Labute approximate surface area is 54.4 Å². The molecule has 52 valence electrons. The molecule has 0 unspecified atom stereocenters. The molecule has 3 saturated carbocycles. The van der Waals surface area contributed by atoms with Gasteiger partial charge in [0.2, 0.25) is 0 Å². The number of rotatable bonds is 1. The van der Waals surface area contributed by atoms with Crippen molar-refractivity contribution < 1.29 is 4.39 Å². The van der Waals surface area contributed by atoms with Gasteiger partial charge in [0.15, 0.2) is 0 Å². The SMILES string of the molecule is NCC12CC(C1)[C@@H](F)C2. The first kappa shape index (κ1) is 5.66. The molecule has 0 amide bonds. The minimum atomic E-state index is -0.520. The second-order valence-electron chi connectivity index (χ2n) is 3.59. The maximum Gasteiger partial charge on any atom is 0.104 e. The van der Waals surface area contributed by atoms with E-state index in [9.17, 15) is 4.39 Å². The maximum absolute atomic E-state index is 12.7. The van der Waals surface area contributed by atoms with Crippen molar-refractivity contribution in [2.75, 3.05) is 6.54 Å². The van der Waals surface area contributed by atoms with E-state index >= 15 is 0 Å². The molecule has 0 heterocycles. The summed E-state index contributed by atoms with van der Waals surface area (Å²) in [6, 6.07) is 0. The van der Waals surface area contributed by atoms with Crippen LogP contribution in [0, 0.1) is 11.3 Å². The second kappa shape index (κ2) is 1.48. The molecule has 0 radical (unpaired) electrons. The summed E-state index contributed by atoms with van der Waals surface area (Å²) in [6.45, 7) is 0.698. The molecule has 0 saturated heterocycles. The molecule has 3 rings (SSSR count). The number of hydrogen-bond donors (Lipinski definition) is 1. The fourth-order valence-corrected chi connectivity index (χ4v) is 2.31. The molecule has 9 heavy (non-hydrogen) atoms. The van der Waals surface area contributed by atoms with Crippen LogP contribution in [0.2, 0.25) is 0 Å². The zero-order valence-electron chi connectivity index (χ0n) is 5.44. The molecule has 0 aromatic carbocycles. The average molecular weight is 129 g/mol. The molecular weight excluding hydrogens is 117 g/mol. The van der Waals surface area contributed by atoms with E-state index in [-0.39, 0.29) is 5.41 Å². The second-order valence-corrected chi connectivity index (χ2v) is 3.59. The third-order valence-electron chi connectivity index (χ3n) is 2.96. The van der Waals surface area contributed by atoms with Gasteiger partial charge >= 0.3 is 0 Å². The Morgan fingerprint density at radius 1 is 1.44 bits per heavy atom. The van der Waals surface area contributed by atoms with Crippen molar-refractivity contribution in [1.29, 1.82) is 0 Å². The lowest BCUT2D eigenvalue weighted by Crippen LogP contribution is -2.35. The first-order valence-corrected chi connectivity index (χ1v) is 3.60. The van der Waals surface area contributed by atoms with Gasteiger partial charge in [-0.1, -0.05) is 0 Å². The van der Waals surface area contributed by atoms with E-state index in [1.54, 1.807) is 0 Å². The minimum absolute atomic E-state index is 0.254. The summed E-state index contributed by atoms with van der Waals surface area (Å²) in [5.41, 5.74) is 5.76. The molecule has 2 heteroatoms. The van der Waals surface area contributed by atoms with Gasteiger partial charge in [-0.05, 0) is 37.1 Å². The molecule has 2 bridgehead atoms. The zero-order valence-corrected chi connectivity index (χ0v) is 5.44. The van der Waals surface area contributed by atoms with Crippen LogP contribution in [0.15, 0.2) is 0 Å². The number of hydrogen-bond acceptors (Lipinski definition) is 1. The lowest BCUT2D eigenvalue weighted by Gasteiger charge is -2.36. The van der Waals surface area contributed by atoms with E-state index in [0.29, 0.717) is 12.5 Å². The van der Waals surface area contributed by atoms with E-state index in [0.717, 1.165) is 19.3 Å². The predicted molar refractivity (Wildman–Crippen MR) is 33.7 cm³/mol. The Kier molecular flexibility index (Phi) is 0.933. The highest BCUT2D eigenvalue weighted by Crippen LogP contribution is 2.59. The molecule has 0 aliphatic heterocycles. The molecule has 3 aliphatic carbocycles. The van der Waals surface area contributed by atoms with Crippen molar-refractivity contribution in [3.8, 4) is 0 Å². The van der Waals surface area contributed by atoms with E-state index in [1.807, 2.05) is 0 Å². The lowest BCUT2D eigenvalue weighted by molar-refractivity contribution is 0.142. The van der Waals surface area contributed by atoms with Crippen molar-refractivity contribution in [2.45, 2.75) is 25.4 Å². The molecule has 3 aliphatic rings. The van der Waals surface area contributed by atoms with Gasteiger partial charge in [0.05, 0.1) is 0 Å². The van der Waals surface area contributed by atoms with Gasteiger partial charge in [-0.2, -0.15) is 0 Å². The number of nitrogens with two attached hydrogens (primary N) is 1. The van der Waals surface area contributed by atoms with E-state index in [2.05, 4.69) is 0 Å². The summed E-state index contributed by atoms with van der Waals surface area (Å²) < 4.78 is 12.7. The van der Waals surface area contributed by atoms with Crippen molar-refractivity contribution in [3.05, 3.63) is 0 Å². The van der Waals surface area contributed by atoms with Crippen LogP contribution in [0.1, 0.15) is 19.3 Å². The molecule has 1 atom stereocenters. The van der Waals surface area contributed by atoms with Crippen molar-refractivity contribution in [3.63, 3.8) is 0 Å². The van der Waals surface area contributed by atoms with E-state index < -0.39 is 6.17 Å². The molecule has 2 N–H and O–H groups in total. The Balaban J connectivity index is 2.09. The van der Waals surface area contributed by atoms with Gasteiger partial charge < -0.3 is 5.73 Å². The highest BCUT2D eigenvalue weighted by Gasteiger charge is 2.55. The standard InChI is InChI=1S/C7H12FN/c8-6-3-7(4-9)1-5(6)2-7/h5-6H,1-4,9H2/t5?,6-,7?/m0/s1. The molecule has 1 nitrogen and oxygen atoms in total. The van der Waals surface area contributed by atoms with Crippen LogP contribution in [0.4, 0.5) is 4.39 Å². The lowest BCUT2D eigenvalue weighted by atomic mass is 9.70. The summed E-state index contributed by atoms with van der Waals surface area (Å²) in [7, 11) is 0.